The number of carbonyl (C=O) groups excluding carboxylic acids is 1. The second-order valence-corrected chi connectivity index (χ2v) is 5.26. The number of methoxy groups -OCH3 is 1. The molecule has 0 aliphatic carbocycles. The predicted octanol–water partition coefficient (Wildman–Crippen LogP) is 3.02. The van der Waals surface area contributed by atoms with Crippen LogP contribution in [0, 0.1) is 0 Å². The van der Waals surface area contributed by atoms with Crippen LogP contribution in [0.2, 0.25) is 0 Å². The molecule has 6 heteroatoms. The van der Waals surface area contributed by atoms with Crippen LogP contribution in [0.25, 0.3) is 11.5 Å². The molecule has 0 atom stereocenters. The summed E-state index contributed by atoms with van der Waals surface area (Å²) in [6.45, 7) is 0.464. The van der Waals surface area contributed by atoms with Crippen LogP contribution < -0.4 is 4.74 Å². The van der Waals surface area contributed by atoms with Crippen LogP contribution in [-0.4, -0.2) is 35.2 Å². The van der Waals surface area contributed by atoms with E-state index in [1.54, 1.807) is 26.3 Å². The van der Waals surface area contributed by atoms with E-state index >= 15 is 0 Å². The van der Waals surface area contributed by atoms with Gasteiger partial charge in [0, 0.05) is 13.6 Å². The summed E-state index contributed by atoms with van der Waals surface area (Å²) in [6, 6.07) is 17.0. The van der Waals surface area contributed by atoms with Gasteiger partial charge in [0.2, 0.25) is 0 Å². The maximum atomic E-state index is 12.4. The average molecular weight is 323 g/mol. The third-order valence-electron chi connectivity index (χ3n) is 3.55. The molecule has 6 nitrogen and oxygen atoms in total. The summed E-state index contributed by atoms with van der Waals surface area (Å²) in [4.78, 5) is 14.0. The van der Waals surface area contributed by atoms with Crippen LogP contribution in [0.3, 0.4) is 0 Å². The number of aromatic nitrogens is 2. The van der Waals surface area contributed by atoms with Crippen molar-refractivity contribution in [2.75, 3.05) is 14.2 Å². The van der Waals surface area contributed by atoms with Crippen LogP contribution in [0.5, 0.6) is 5.75 Å². The standard InChI is InChI=1S/C18H17N3O3/c1-21(12-13-8-4-3-5-9-13)18(22)17-20-19-16(24-17)14-10-6-7-11-15(14)23-2/h3-11H,12H2,1-2H3. The van der Waals surface area contributed by atoms with E-state index in [0.717, 1.165) is 5.56 Å². The van der Waals surface area contributed by atoms with E-state index in [2.05, 4.69) is 10.2 Å². The monoisotopic (exact) mass is 323 g/mol. The Morgan fingerprint density at radius 1 is 1.08 bits per heavy atom. The molecule has 122 valence electrons. The first-order valence-corrected chi connectivity index (χ1v) is 7.45. The zero-order valence-electron chi connectivity index (χ0n) is 13.5. The number of hydrogen-bond donors (Lipinski definition) is 0. The van der Waals surface area contributed by atoms with Gasteiger partial charge in [0.25, 0.3) is 5.89 Å². The van der Waals surface area contributed by atoms with Crippen molar-refractivity contribution in [2.24, 2.45) is 0 Å². The van der Waals surface area contributed by atoms with Crippen molar-refractivity contribution in [1.82, 2.24) is 15.1 Å². The third kappa shape index (κ3) is 3.27. The van der Waals surface area contributed by atoms with Crippen LogP contribution in [0.15, 0.2) is 59.0 Å². The summed E-state index contributed by atoms with van der Waals surface area (Å²) in [5.41, 5.74) is 1.68. The molecule has 24 heavy (non-hydrogen) atoms. The fraction of sp³-hybridized carbons (Fsp3) is 0.167. The van der Waals surface area contributed by atoms with Crippen molar-refractivity contribution >= 4 is 5.91 Å². The van der Waals surface area contributed by atoms with E-state index in [4.69, 9.17) is 9.15 Å². The molecule has 0 fully saturated rings. The SMILES string of the molecule is COc1ccccc1-c1nnc(C(=O)N(C)Cc2ccccc2)o1. The van der Waals surface area contributed by atoms with E-state index < -0.39 is 0 Å². The van der Waals surface area contributed by atoms with Gasteiger partial charge in [-0.05, 0) is 17.7 Å². The highest BCUT2D eigenvalue weighted by molar-refractivity contribution is 5.89. The lowest BCUT2D eigenvalue weighted by molar-refractivity contribution is 0.0746. The first-order valence-electron chi connectivity index (χ1n) is 7.45. The van der Waals surface area contributed by atoms with E-state index in [1.165, 1.54) is 4.90 Å². The lowest BCUT2D eigenvalue weighted by Gasteiger charge is -2.14. The molecule has 0 aliphatic rings. The van der Waals surface area contributed by atoms with Gasteiger partial charge in [-0.3, -0.25) is 4.79 Å². The number of hydrogen-bond acceptors (Lipinski definition) is 5. The summed E-state index contributed by atoms with van der Waals surface area (Å²) in [7, 11) is 3.26. The molecule has 0 N–H and O–H groups in total. The smallest absolute Gasteiger partial charge is 0.311 e. The number of para-hydroxylation sites is 1. The molecule has 0 aliphatic heterocycles. The highest BCUT2D eigenvalue weighted by Gasteiger charge is 2.21. The Hall–Kier alpha value is -3.15. The maximum absolute atomic E-state index is 12.4. The summed E-state index contributed by atoms with van der Waals surface area (Å²) in [6.07, 6.45) is 0. The van der Waals surface area contributed by atoms with Gasteiger partial charge >= 0.3 is 11.8 Å². The Morgan fingerprint density at radius 2 is 1.79 bits per heavy atom. The van der Waals surface area contributed by atoms with Gasteiger partial charge in [-0.1, -0.05) is 42.5 Å². The highest BCUT2D eigenvalue weighted by atomic mass is 16.5. The van der Waals surface area contributed by atoms with Crippen LogP contribution in [0.4, 0.5) is 0 Å². The minimum atomic E-state index is -0.326. The van der Waals surface area contributed by atoms with Gasteiger partial charge in [-0.15, -0.1) is 10.2 Å². The second-order valence-electron chi connectivity index (χ2n) is 5.26. The molecule has 1 heterocycles. The molecule has 3 aromatic rings. The number of benzene rings is 2. The molecule has 1 amide bonds. The quantitative estimate of drug-likeness (QED) is 0.722. The summed E-state index contributed by atoms with van der Waals surface area (Å²) >= 11 is 0. The normalized spacial score (nSPS) is 10.4. The second kappa shape index (κ2) is 6.95. The lowest BCUT2D eigenvalue weighted by Crippen LogP contribution is -2.26. The number of amides is 1. The van der Waals surface area contributed by atoms with Crippen molar-refractivity contribution in [1.29, 1.82) is 0 Å². The van der Waals surface area contributed by atoms with Gasteiger partial charge in [-0.25, -0.2) is 0 Å². The average Bonchev–Trinajstić information content (AvgIpc) is 3.11. The van der Waals surface area contributed by atoms with E-state index in [1.807, 2.05) is 42.5 Å². The fourth-order valence-corrected chi connectivity index (χ4v) is 2.33. The number of carbonyl (C=O) groups is 1. The molecule has 1 aromatic heterocycles. The molecular weight excluding hydrogens is 306 g/mol. The Balaban J connectivity index is 1.78. The number of rotatable bonds is 5. The predicted molar refractivity (Wildman–Crippen MR) is 88.5 cm³/mol. The van der Waals surface area contributed by atoms with E-state index in [9.17, 15) is 4.79 Å². The number of ether oxygens (including phenoxy) is 1. The molecule has 2 aromatic carbocycles. The minimum absolute atomic E-state index is 0.0469. The first kappa shape index (κ1) is 15.7. The van der Waals surface area contributed by atoms with Crippen LogP contribution >= 0.6 is 0 Å². The molecular formula is C18H17N3O3. The molecule has 0 radical (unpaired) electrons. The Morgan fingerprint density at radius 3 is 2.54 bits per heavy atom. The lowest BCUT2D eigenvalue weighted by atomic mass is 10.2. The molecule has 0 saturated carbocycles. The van der Waals surface area contributed by atoms with E-state index in [0.29, 0.717) is 17.9 Å². The van der Waals surface area contributed by atoms with Crippen LogP contribution in [0.1, 0.15) is 16.2 Å². The third-order valence-corrected chi connectivity index (χ3v) is 3.55. The molecule has 0 bridgehead atoms. The molecule has 0 unspecified atom stereocenters. The van der Waals surface area contributed by atoms with Crippen molar-refractivity contribution in [3.63, 3.8) is 0 Å². The summed E-state index contributed by atoms with van der Waals surface area (Å²) in [5, 5.41) is 7.83. The zero-order valence-corrected chi connectivity index (χ0v) is 13.5. The molecule has 0 spiro atoms. The zero-order chi connectivity index (χ0) is 16.9. The first-order chi connectivity index (χ1) is 11.7. The minimum Gasteiger partial charge on any atom is -0.496 e. The largest absolute Gasteiger partial charge is 0.496 e. The Kier molecular flexibility index (Phi) is 4.56. The van der Waals surface area contributed by atoms with Gasteiger partial charge < -0.3 is 14.1 Å². The van der Waals surface area contributed by atoms with Crippen molar-refractivity contribution < 1.29 is 13.9 Å². The Bertz CT molecular complexity index is 830. The highest BCUT2D eigenvalue weighted by Crippen LogP contribution is 2.28. The molecule has 0 saturated heterocycles. The van der Waals surface area contributed by atoms with Gasteiger partial charge in [0.15, 0.2) is 0 Å². The molecule has 3 rings (SSSR count). The number of nitrogens with zero attached hydrogens (tertiary/aromatic N) is 3. The van der Waals surface area contributed by atoms with Gasteiger partial charge in [0.05, 0.1) is 12.7 Å². The van der Waals surface area contributed by atoms with Crippen molar-refractivity contribution in [3.8, 4) is 17.2 Å². The fourth-order valence-electron chi connectivity index (χ4n) is 2.33. The van der Waals surface area contributed by atoms with Crippen LogP contribution in [-0.2, 0) is 6.54 Å². The van der Waals surface area contributed by atoms with Gasteiger partial charge in [0.1, 0.15) is 5.75 Å². The van der Waals surface area contributed by atoms with Crippen molar-refractivity contribution in [3.05, 3.63) is 66.1 Å². The summed E-state index contributed by atoms with van der Waals surface area (Å²) in [5.74, 6) is 0.489. The summed E-state index contributed by atoms with van der Waals surface area (Å²) < 4.78 is 10.8. The van der Waals surface area contributed by atoms with Gasteiger partial charge in [-0.2, -0.15) is 0 Å². The Labute approximate surface area is 139 Å². The maximum Gasteiger partial charge on any atom is 0.311 e. The topological polar surface area (TPSA) is 68.5 Å². The van der Waals surface area contributed by atoms with E-state index in [-0.39, 0.29) is 17.7 Å². The van der Waals surface area contributed by atoms with Crippen molar-refractivity contribution in [2.45, 2.75) is 6.54 Å².